The third kappa shape index (κ3) is 6.26. The first-order chi connectivity index (χ1) is 11.3. The third-order valence-electron chi connectivity index (χ3n) is 2.63. The highest BCUT2D eigenvalue weighted by molar-refractivity contribution is 5.97. The van der Waals surface area contributed by atoms with Crippen molar-refractivity contribution in [3.8, 4) is 0 Å². The Morgan fingerprint density at radius 1 is 1.29 bits per heavy atom. The molecule has 128 valence electrons. The van der Waals surface area contributed by atoms with Crippen LogP contribution < -0.4 is 5.32 Å². The van der Waals surface area contributed by atoms with E-state index >= 15 is 0 Å². The Hall–Kier alpha value is -3.23. The maximum absolute atomic E-state index is 11.9. The van der Waals surface area contributed by atoms with Crippen molar-refractivity contribution >= 4 is 29.2 Å². The van der Waals surface area contributed by atoms with E-state index in [4.69, 9.17) is 4.74 Å². The summed E-state index contributed by atoms with van der Waals surface area (Å²) in [6.07, 6.45) is 0.565. The van der Waals surface area contributed by atoms with E-state index in [2.05, 4.69) is 10.1 Å². The molecule has 1 N–H and O–H groups in total. The van der Waals surface area contributed by atoms with Gasteiger partial charge in [0.05, 0.1) is 11.5 Å². The van der Waals surface area contributed by atoms with E-state index < -0.39 is 28.9 Å². The first-order valence-corrected chi connectivity index (χ1v) is 6.94. The Balaban J connectivity index is 2.59. The SMILES string of the molecule is CCOC(=O)/C=C/C(=O)O[C@H](C)C(=O)Nc1cccc([N+](=O)[O-])c1. The smallest absolute Gasteiger partial charge is 0.331 e. The monoisotopic (exact) mass is 336 g/mol. The van der Waals surface area contributed by atoms with Crippen molar-refractivity contribution < 1.29 is 28.8 Å². The number of hydrogen-bond donors (Lipinski definition) is 1. The van der Waals surface area contributed by atoms with Gasteiger partial charge in [-0.2, -0.15) is 0 Å². The van der Waals surface area contributed by atoms with E-state index in [0.29, 0.717) is 0 Å². The lowest BCUT2D eigenvalue weighted by atomic mass is 10.2. The molecule has 0 aliphatic heterocycles. The van der Waals surface area contributed by atoms with Gasteiger partial charge in [-0.05, 0) is 19.9 Å². The lowest BCUT2D eigenvalue weighted by Crippen LogP contribution is -2.29. The number of carbonyl (C=O) groups is 3. The quantitative estimate of drug-likeness (QED) is 0.347. The van der Waals surface area contributed by atoms with Crippen LogP contribution in [-0.2, 0) is 23.9 Å². The van der Waals surface area contributed by atoms with Gasteiger partial charge in [0.1, 0.15) is 0 Å². The molecule has 0 fully saturated rings. The summed E-state index contributed by atoms with van der Waals surface area (Å²) in [6.45, 7) is 3.10. The van der Waals surface area contributed by atoms with Crippen molar-refractivity contribution in [3.05, 3.63) is 46.5 Å². The van der Waals surface area contributed by atoms with Gasteiger partial charge in [-0.25, -0.2) is 9.59 Å². The number of non-ortho nitro benzene ring substituents is 1. The van der Waals surface area contributed by atoms with Crippen molar-refractivity contribution in [2.45, 2.75) is 20.0 Å². The van der Waals surface area contributed by atoms with Crippen molar-refractivity contribution in [1.82, 2.24) is 0 Å². The van der Waals surface area contributed by atoms with Crippen LogP contribution in [0.4, 0.5) is 11.4 Å². The Labute approximate surface area is 137 Å². The number of carbonyl (C=O) groups excluding carboxylic acids is 3. The number of nitrogens with one attached hydrogen (secondary N) is 1. The van der Waals surface area contributed by atoms with E-state index in [1.54, 1.807) is 6.92 Å². The molecule has 0 aromatic heterocycles. The molecule has 9 nitrogen and oxygen atoms in total. The largest absolute Gasteiger partial charge is 0.463 e. The zero-order valence-electron chi connectivity index (χ0n) is 13.1. The maximum Gasteiger partial charge on any atom is 0.331 e. The predicted octanol–water partition coefficient (Wildman–Crippen LogP) is 1.58. The van der Waals surface area contributed by atoms with E-state index in [-0.39, 0.29) is 18.0 Å². The predicted molar refractivity (Wildman–Crippen MR) is 83.1 cm³/mol. The number of nitro benzene ring substituents is 1. The number of amides is 1. The Morgan fingerprint density at radius 2 is 1.96 bits per heavy atom. The minimum atomic E-state index is -1.16. The van der Waals surface area contributed by atoms with Gasteiger partial charge in [-0.15, -0.1) is 0 Å². The summed E-state index contributed by atoms with van der Waals surface area (Å²) in [5.41, 5.74) is 0.00832. The van der Waals surface area contributed by atoms with E-state index in [1.165, 1.54) is 31.2 Å². The van der Waals surface area contributed by atoms with Gasteiger partial charge in [0, 0.05) is 30.0 Å². The van der Waals surface area contributed by atoms with Gasteiger partial charge < -0.3 is 14.8 Å². The zero-order valence-corrected chi connectivity index (χ0v) is 13.1. The molecule has 1 aromatic carbocycles. The van der Waals surface area contributed by atoms with Crippen molar-refractivity contribution in [1.29, 1.82) is 0 Å². The zero-order chi connectivity index (χ0) is 18.1. The number of nitro groups is 1. The topological polar surface area (TPSA) is 125 Å². The fraction of sp³-hybridized carbons (Fsp3) is 0.267. The van der Waals surface area contributed by atoms with Gasteiger partial charge >= 0.3 is 11.9 Å². The van der Waals surface area contributed by atoms with Crippen molar-refractivity contribution in [3.63, 3.8) is 0 Å². The number of anilines is 1. The van der Waals surface area contributed by atoms with Gasteiger partial charge in [-0.3, -0.25) is 14.9 Å². The summed E-state index contributed by atoms with van der Waals surface area (Å²) in [6, 6.07) is 5.32. The Morgan fingerprint density at radius 3 is 2.58 bits per heavy atom. The molecule has 0 bridgehead atoms. The molecule has 0 spiro atoms. The van der Waals surface area contributed by atoms with Gasteiger partial charge in [-0.1, -0.05) is 6.07 Å². The molecular weight excluding hydrogens is 320 g/mol. The van der Waals surface area contributed by atoms with Gasteiger partial charge in [0.2, 0.25) is 0 Å². The molecule has 0 saturated carbocycles. The van der Waals surface area contributed by atoms with Crippen LogP contribution in [0, 0.1) is 10.1 Å². The third-order valence-corrected chi connectivity index (χ3v) is 2.63. The molecule has 9 heteroatoms. The number of nitrogens with zero attached hydrogens (tertiary/aromatic N) is 1. The molecule has 0 radical (unpaired) electrons. The molecule has 1 rings (SSSR count). The minimum absolute atomic E-state index is 0.167. The second-order valence-corrected chi connectivity index (χ2v) is 4.46. The van der Waals surface area contributed by atoms with Crippen LogP contribution in [0.1, 0.15) is 13.8 Å². The molecule has 24 heavy (non-hydrogen) atoms. The molecule has 0 heterocycles. The highest BCUT2D eigenvalue weighted by atomic mass is 16.6. The van der Waals surface area contributed by atoms with Crippen LogP contribution in [0.2, 0.25) is 0 Å². The number of rotatable bonds is 7. The summed E-state index contributed by atoms with van der Waals surface area (Å²) in [4.78, 5) is 44.5. The van der Waals surface area contributed by atoms with Crippen LogP contribution in [0.15, 0.2) is 36.4 Å². The molecule has 1 atom stereocenters. The van der Waals surface area contributed by atoms with E-state index in [9.17, 15) is 24.5 Å². The van der Waals surface area contributed by atoms with Gasteiger partial charge in [0.15, 0.2) is 6.10 Å². The summed E-state index contributed by atoms with van der Waals surface area (Å²) >= 11 is 0. The maximum atomic E-state index is 11.9. The van der Waals surface area contributed by atoms with Crippen molar-refractivity contribution in [2.75, 3.05) is 11.9 Å². The second-order valence-electron chi connectivity index (χ2n) is 4.46. The standard InChI is InChI=1S/C15H16N2O7/c1-3-23-13(18)7-8-14(19)24-10(2)15(20)16-11-5-4-6-12(9-11)17(21)22/h4-10H,3H2,1-2H3,(H,16,20)/b8-7+/t10-/m1/s1. The first kappa shape index (κ1) is 18.8. The van der Waals surface area contributed by atoms with Crippen LogP contribution in [0.5, 0.6) is 0 Å². The molecule has 1 aromatic rings. The molecule has 0 aliphatic carbocycles. The normalized spacial score (nSPS) is 11.6. The molecule has 0 unspecified atom stereocenters. The minimum Gasteiger partial charge on any atom is -0.463 e. The van der Waals surface area contributed by atoms with Crippen LogP contribution in [-0.4, -0.2) is 35.5 Å². The molecule has 0 saturated heterocycles. The second kappa shape index (κ2) is 9.03. The van der Waals surface area contributed by atoms with E-state index in [1.807, 2.05) is 0 Å². The Bertz CT molecular complexity index is 670. The first-order valence-electron chi connectivity index (χ1n) is 6.94. The summed E-state index contributed by atoms with van der Waals surface area (Å²) in [5.74, 6) is -2.28. The van der Waals surface area contributed by atoms with Crippen LogP contribution in [0.25, 0.3) is 0 Å². The highest BCUT2D eigenvalue weighted by Gasteiger charge is 2.17. The van der Waals surface area contributed by atoms with Crippen LogP contribution in [0.3, 0.4) is 0 Å². The van der Waals surface area contributed by atoms with Crippen LogP contribution >= 0.6 is 0 Å². The number of hydrogen-bond acceptors (Lipinski definition) is 7. The highest BCUT2D eigenvalue weighted by Crippen LogP contribution is 2.17. The van der Waals surface area contributed by atoms with Crippen molar-refractivity contribution in [2.24, 2.45) is 0 Å². The number of ether oxygens (including phenoxy) is 2. The van der Waals surface area contributed by atoms with Gasteiger partial charge in [0.25, 0.3) is 11.6 Å². The fourth-order valence-corrected chi connectivity index (χ4v) is 1.53. The summed E-state index contributed by atoms with van der Waals surface area (Å²) < 4.78 is 9.40. The molecule has 0 aliphatic rings. The molecular formula is C15H16N2O7. The number of esters is 2. The lowest BCUT2D eigenvalue weighted by molar-refractivity contribution is -0.384. The molecule has 1 amide bonds. The Kier molecular flexibility index (Phi) is 7.08. The average molecular weight is 336 g/mol. The number of benzene rings is 1. The lowest BCUT2D eigenvalue weighted by Gasteiger charge is -2.12. The summed E-state index contributed by atoms with van der Waals surface area (Å²) in [5, 5.41) is 13.1. The fourth-order valence-electron chi connectivity index (χ4n) is 1.53. The van der Waals surface area contributed by atoms with E-state index in [0.717, 1.165) is 12.2 Å². The summed E-state index contributed by atoms with van der Waals surface area (Å²) in [7, 11) is 0. The average Bonchev–Trinajstić information content (AvgIpc) is 2.53.